The molecule has 1 fully saturated rings. The Kier molecular flexibility index (Phi) is 9.36. The van der Waals surface area contributed by atoms with Crippen molar-refractivity contribution in [2.24, 2.45) is 0 Å². The molecular formula is C25H36N4O6. The number of rotatable bonds is 10. The minimum Gasteiger partial charge on any atom is -0.490 e. The zero-order chi connectivity index (χ0) is 25.4. The normalized spacial score (nSPS) is 15.0. The molecule has 1 amide bonds. The summed E-state index contributed by atoms with van der Waals surface area (Å²) in [6.07, 6.45) is 3.41. The van der Waals surface area contributed by atoms with Gasteiger partial charge >= 0.3 is 6.09 Å². The Morgan fingerprint density at radius 3 is 2.54 bits per heavy atom. The SMILES string of the molecule is COc1nc(CCC(C)O)ccc1Nc1nccc(OC2CCN(C(=O)OC(C)C)CC2)c1OC. The largest absolute Gasteiger partial charge is 0.490 e. The van der Waals surface area contributed by atoms with E-state index in [9.17, 15) is 9.90 Å². The molecule has 0 spiro atoms. The van der Waals surface area contributed by atoms with Gasteiger partial charge in [0.25, 0.3) is 0 Å². The molecule has 0 aromatic carbocycles. The van der Waals surface area contributed by atoms with E-state index in [1.807, 2.05) is 26.0 Å². The average molecular weight is 489 g/mol. The molecule has 1 unspecified atom stereocenters. The van der Waals surface area contributed by atoms with Crippen LogP contribution in [0.5, 0.6) is 17.4 Å². The molecule has 192 valence electrons. The molecule has 1 aliphatic heterocycles. The number of methoxy groups -OCH3 is 2. The minimum atomic E-state index is -0.391. The minimum absolute atomic E-state index is 0.0633. The van der Waals surface area contributed by atoms with Crippen LogP contribution in [-0.2, 0) is 11.2 Å². The lowest BCUT2D eigenvalue weighted by molar-refractivity contribution is 0.0511. The number of anilines is 2. The number of piperidine rings is 1. The summed E-state index contributed by atoms with van der Waals surface area (Å²) < 4.78 is 22.6. The Labute approximate surface area is 206 Å². The van der Waals surface area contributed by atoms with Crippen LogP contribution in [0.3, 0.4) is 0 Å². The number of nitrogens with zero attached hydrogens (tertiary/aromatic N) is 3. The van der Waals surface area contributed by atoms with E-state index in [-0.39, 0.29) is 18.3 Å². The number of pyridine rings is 2. The molecule has 0 radical (unpaired) electrons. The molecule has 3 rings (SSSR count). The predicted molar refractivity (Wildman–Crippen MR) is 132 cm³/mol. The monoisotopic (exact) mass is 488 g/mol. The molecule has 10 nitrogen and oxygen atoms in total. The van der Waals surface area contributed by atoms with Crippen LogP contribution < -0.4 is 19.5 Å². The molecular weight excluding hydrogens is 452 g/mol. The first kappa shape index (κ1) is 26.3. The van der Waals surface area contributed by atoms with Crippen LogP contribution in [0, 0.1) is 0 Å². The first-order valence-corrected chi connectivity index (χ1v) is 11.9. The smallest absolute Gasteiger partial charge is 0.410 e. The summed E-state index contributed by atoms with van der Waals surface area (Å²) >= 11 is 0. The summed E-state index contributed by atoms with van der Waals surface area (Å²) in [6, 6.07) is 5.51. The second kappa shape index (κ2) is 12.4. The van der Waals surface area contributed by atoms with E-state index < -0.39 is 6.10 Å². The highest BCUT2D eigenvalue weighted by Crippen LogP contribution is 2.38. The van der Waals surface area contributed by atoms with Gasteiger partial charge in [-0.05, 0) is 45.7 Å². The molecule has 0 bridgehead atoms. The summed E-state index contributed by atoms with van der Waals surface area (Å²) in [6.45, 7) is 6.57. The van der Waals surface area contributed by atoms with Crippen molar-refractivity contribution in [1.82, 2.24) is 14.9 Å². The predicted octanol–water partition coefficient (Wildman–Crippen LogP) is 3.94. The van der Waals surface area contributed by atoms with E-state index in [4.69, 9.17) is 18.9 Å². The number of hydrogen-bond acceptors (Lipinski definition) is 9. The number of aromatic nitrogens is 2. The first-order valence-electron chi connectivity index (χ1n) is 11.9. The Hall–Kier alpha value is -3.27. The van der Waals surface area contributed by atoms with E-state index >= 15 is 0 Å². The first-order chi connectivity index (χ1) is 16.8. The van der Waals surface area contributed by atoms with Crippen molar-refractivity contribution in [3.8, 4) is 17.4 Å². The molecule has 2 aromatic rings. The van der Waals surface area contributed by atoms with Gasteiger partial charge in [-0.15, -0.1) is 0 Å². The molecule has 0 saturated carbocycles. The third-order valence-corrected chi connectivity index (χ3v) is 5.59. The standard InChI is InChI=1S/C25H36N4O6/c1-16(2)34-25(31)29-14-11-19(12-15-29)35-21-10-13-26-23(22(21)32-4)28-20-9-8-18(7-6-17(3)30)27-24(20)33-5/h8-10,13,16-17,19,30H,6-7,11-12,14-15H2,1-5H3,(H,26,28). The lowest BCUT2D eigenvalue weighted by Gasteiger charge is -2.32. The van der Waals surface area contributed by atoms with E-state index in [0.29, 0.717) is 67.7 Å². The van der Waals surface area contributed by atoms with Crippen LogP contribution >= 0.6 is 0 Å². The van der Waals surface area contributed by atoms with E-state index in [1.54, 1.807) is 38.3 Å². The fraction of sp³-hybridized carbons (Fsp3) is 0.560. The van der Waals surface area contributed by atoms with E-state index in [1.165, 1.54) is 0 Å². The lowest BCUT2D eigenvalue weighted by Crippen LogP contribution is -2.42. The van der Waals surface area contributed by atoms with Crippen LogP contribution in [0.15, 0.2) is 24.4 Å². The number of likely N-dealkylation sites (tertiary alicyclic amines) is 1. The molecule has 1 atom stereocenters. The van der Waals surface area contributed by atoms with Gasteiger partial charge in [0, 0.05) is 43.9 Å². The van der Waals surface area contributed by atoms with Gasteiger partial charge in [0.15, 0.2) is 11.6 Å². The van der Waals surface area contributed by atoms with Crippen molar-refractivity contribution in [3.63, 3.8) is 0 Å². The van der Waals surface area contributed by atoms with Crippen molar-refractivity contribution in [3.05, 3.63) is 30.1 Å². The maximum atomic E-state index is 12.1. The fourth-order valence-corrected chi connectivity index (χ4v) is 3.77. The molecule has 2 N–H and O–H groups in total. The number of amides is 1. The third-order valence-electron chi connectivity index (χ3n) is 5.59. The topological polar surface area (TPSA) is 115 Å². The fourth-order valence-electron chi connectivity index (χ4n) is 3.77. The molecule has 2 aromatic heterocycles. The Balaban J connectivity index is 1.68. The zero-order valence-corrected chi connectivity index (χ0v) is 21.1. The summed E-state index contributed by atoms with van der Waals surface area (Å²) in [5, 5.41) is 12.8. The molecule has 1 saturated heterocycles. The summed E-state index contributed by atoms with van der Waals surface area (Å²) in [5.41, 5.74) is 1.46. The van der Waals surface area contributed by atoms with Crippen LogP contribution in [0.2, 0.25) is 0 Å². The summed E-state index contributed by atoms with van der Waals surface area (Å²) in [4.78, 5) is 22.8. The van der Waals surface area contributed by atoms with Crippen LogP contribution in [0.1, 0.15) is 45.7 Å². The Morgan fingerprint density at radius 1 is 1.17 bits per heavy atom. The molecule has 3 heterocycles. The van der Waals surface area contributed by atoms with Crippen molar-refractivity contribution >= 4 is 17.6 Å². The van der Waals surface area contributed by atoms with Crippen molar-refractivity contribution in [2.45, 2.75) is 64.8 Å². The number of nitrogens with one attached hydrogen (secondary N) is 1. The van der Waals surface area contributed by atoms with Crippen LogP contribution in [-0.4, -0.2) is 71.7 Å². The number of carbonyl (C=O) groups is 1. The molecule has 35 heavy (non-hydrogen) atoms. The van der Waals surface area contributed by atoms with Crippen molar-refractivity contribution < 1.29 is 28.8 Å². The van der Waals surface area contributed by atoms with Crippen molar-refractivity contribution in [1.29, 1.82) is 0 Å². The summed E-state index contributed by atoms with van der Waals surface area (Å²) in [7, 11) is 3.12. The number of carbonyl (C=O) groups excluding carboxylic acids is 1. The van der Waals surface area contributed by atoms with Gasteiger partial charge < -0.3 is 34.3 Å². The van der Waals surface area contributed by atoms with Gasteiger partial charge in [-0.2, -0.15) is 0 Å². The van der Waals surface area contributed by atoms with Gasteiger partial charge in [0.1, 0.15) is 11.8 Å². The number of ether oxygens (including phenoxy) is 4. The van der Waals surface area contributed by atoms with Crippen LogP contribution in [0.25, 0.3) is 0 Å². The lowest BCUT2D eigenvalue weighted by atomic mass is 10.1. The van der Waals surface area contributed by atoms with Gasteiger partial charge in [-0.1, -0.05) is 0 Å². The van der Waals surface area contributed by atoms with E-state index in [2.05, 4.69) is 15.3 Å². The number of aliphatic hydroxyl groups is 1. The van der Waals surface area contributed by atoms with Crippen molar-refractivity contribution in [2.75, 3.05) is 32.6 Å². The Bertz CT molecular complexity index is 976. The maximum Gasteiger partial charge on any atom is 0.410 e. The Morgan fingerprint density at radius 2 is 1.91 bits per heavy atom. The highest BCUT2D eigenvalue weighted by molar-refractivity contribution is 5.69. The second-order valence-corrected chi connectivity index (χ2v) is 8.80. The van der Waals surface area contributed by atoms with Gasteiger partial charge in [0.05, 0.1) is 26.4 Å². The average Bonchev–Trinajstić information content (AvgIpc) is 2.83. The molecule has 10 heteroatoms. The molecule has 0 aliphatic carbocycles. The highest BCUT2D eigenvalue weighted by atomic mass is 16.6. The quantitative estimate of drug-likeness (QED) is 0.513. The highest BCUT2D eigenvalue weighted by Gasteiger charge is 2.26. The second-order valence-electron chi connectivity index (χ2n) is 8.80. The van der Waals surface area contributed by atoms with Gasteiger partial charge in [0.2, 0.25) is 11.6 Å². The van der Waals surface area contributed by atoms with Gasteiger partial charge in [-0.25, -0.2) is 14.8 Å². The maximum absolute atomic E-state index is 12.1. The number of aryl methyl sites for hydroxylation is 1. The number of aliphatic hydroxyl groups excluding tert-OH is 1. The zero-order valence-electron chi connectivity index (χ0n) is 21.1. The van der Waals surface area contributed by atoms with Gasteiger partial charge in [-0.3, -0.25) is 0 Å². The third kappa shape index (κ3) is 7.35. The van der Waals surface area contributed by atoms with Crippen LogP contribution in [0.4, 0.5) is 16.3 Å². The van der Waals surface area contributed by atoms with E-state index in [0.717, 1.165) is 5.69 Å². The number of hydrogen-bond donors (Lipinski definition) is 2. The summed E-state index contributed by atoms with van der Waals surface area (Å²) in [5.74, 6) is 1.92. The molecule has 1 aliphatic rings.